The zero-order valence-electron chi connectivity index (χ0n) is 14.7. The molecule has 10 heteroatoms. The largest absolute Gasteiger partial charge is 0.408 e. The molecule has 1 aliphatic rings. The van der Waals surface area contributed by atoms with Crippen LogP contribution in [-0.4, -0.2) is 20.6 Å². The van der Waals surface area contributed by atoms with Crippen LogP contribution in [0.3, 0.4) is 0 Å². The molecule has 0 atom stereocenters. The number of aryl methyl sites for hydroxylation is 2. The van der Waals surface area contributed by atoms with Gasteiger partial charge < -0.3 is 15.4 Å². The number of carbonyl (C=O) groups excluding carboxylic acids is 1. The van der Waals surface area contributed by atoms with Crippen LogP contribution in [0.25, 0.3) is 0 Å². The summed E-state index contributed by atoms with van der Waals surface area (Å²) >= 11 is 7.40. The van der Waals surface area contributed by atoms with E-state index in [-0.39, 0.29) is 23.2 Å². The summed E-state index contributed by atoms with van der Waals surface area (Å²) in [6.45, 7) is 2.00. The van der Waals surface area contributed by atoms with Crippen LogP contribution < -0.4 is 5.32 Å². The van der Waals surface area contributed by atoms with E-state index >= 15 is 0 Å². The second kappa shape index (κ2) is 8.06. The van der Waals surface area contributed by atoms with E-state index in [4.69, 9.17) is 11.6 Å². The number of aromatic nitrogens is 2. The molecule has 0 bridgehead atoms. The van der Waals surface area contributed by atoms with Gasteiger partial charge in [0.15, 0.2) is 5.02 Å². The maximum atomic E-state index is 12.3. The highest BCUT2D eigenvalue weighted by atomic mass is 35.5. The first kappa shape index (κ1) is 19.3. The van der Waals surface area contributed by atoms with E-state index in [0.717, 1.165) is 31.2 Å². The minimum atomic E-state index is -0.624. The number of carbonyl (C=O) groups is 1. The molecule has 2 aromatic rings. The second-order valence-corrected chi connectivity index (χ2v) is 7.86. The molecule has 0 saturated carbocycles. The van der Waals surface area contributed by atoms with Crippen LogP contribution >= 0.6 is 22.9 Å². The smallest absolute Gasteiger partial charge is 0.358 e. The highest BCUT2D eigenvalue weighted by Crippen LogP contribution is 2.37. The quantitative estimate of drug-likeness (QED) is 0.574. The van der Waals surface area contributed by atoms with Crippen molar-refractivity contribution in [2.75, 3.05) is 5.32 Å². The van der Waals surface area contributed by atoms with Crippen molar-refractivity contribution in [2.24, 2.45) is 0 Å². The van der Waals surface area contributed by atoms with E-state index in [1.54, 1.807) is 6.92 Å². The number of hydrogen-bond donors (Lipinski definition) is 1. The third-order valence-electron chi connectivity index (χ3n) is 4.60. The fourth-order valence-electron chi connectivity index (χ4n) is 3.19. The molecule has 0 radical (unpaired) electrons. The summed E-state index contributed by atoms with van der Waals surface area (Å²) in [7, 11) is 0. The fourth-order valence-corrected chi connectivity index (χ4v) is 4.65. The van der Waals surface area contributed by atoms with Crippen LogP contribution in [0.5, 0.6) is 0 Å². The Labute approximate surface area is 164 Å². The number of nitrogens with zero attached hydrogens (tertiary/aromatic N) is 4. The van der Waals surface area contributed by atoms with E-state index in [1.165, 1.54) is 20.9 Å². The van der Waals surface area contributed by atoms with Crippen LogP contribution in [0.4, 0.5) is 10.8 Å². The van der Waals surface area contributed by atoms with Gasteiger partial charge in [-0.2, -0.15) is 9.94 Å². The molecule has 1 N–H and O–H groups in total. The molecule has 1 amide bonds. The van der Waals surface area contributed by atoms with Gasteiger partial charge in [0.2, 0.25) is 5.91 Å². The average molecular weight is 408 g/mol. The van der Waals surface area contributed by atoms with Crippen LogP contribution in [0.15, 0.2) is 0 Å². The van der Waals surface area contributed by atoms with Crippen molar-refractivity contribution >= 4 is 39.7 Å². The topological polar surface area (TPSA) is 114 Å². The molecular formula is C17H18ClN5O3S. The number of nitriles is 1. The number of fused-ring (bicyclic) bond motifs is 1. The number of rotatable bonds is 6. The number of hydrogen-bond acceptors (Lipinski definition) is 6. The van der Waals surface area contributed by atoms with Crippen LogP contribution in [0, 0.1) is 28.4 Å². The molecular weight excluding hydrogens is 390 g/mol. The van der Waals surface area contributed by atoms with Gasteiger partial charge in [0, 0.05) is 11.3 Å². The molecule has 3 rings (SSSR count). The highest BCUT2D eigenvalue weighted by molar-refractivity contribution is 7.16. The Bertz CT molecular complexity index is 943. The first-order valence-corrected chi connectivity index (χ1v) is 9.83. The Morgan fingerprint density at radius 1 is 1.48 bits per heavy atom. The fraction of sp³-hybridized carbons (Fsp3) is 0.471. The Kier molecular flexibility index (Phi) is 5.77. The van der Waals surface area contributed by atoms with Gasteiger partial charge in [-0.25, -0.2) is 0 Å². The normalized spacial score (nSPS) is 13.1. The van der Waals surface area contributed by atoms with Crippen molar-refractivity contribution in [3.63, 3.8) is 0 Å². The minimum Gasteiger partial charge on any atom is -0.358 e. The van der Waals surface area contributed by atoms with Crippen molar-refractivity contribution in [1.82, 2.24) is 9.78 Å². The first-order valence-electron chi connectivity index (χ1n) is 8.64. The summed E-state index contributed by atoms with van der Waals surface area (Å²) in [5, 5.41) is 27.7. The van der Waals surface area contributed by atoms with Crippen molar-refractivity contribution in [3.8, 4) is 6.07 Å². The standard InChI is InChI=1S/C17H18ClN5O3S/c1-10-15(18)16(23(25)26)21-22(10)8-4-7-14(24)20-17-12(9-19)11-5-2-3-6-13(11)27-17/h2-8H2,1H3,(H,20,24). The van der Waals surface area contributed by atoms with E-state index in [9.17, 15) is 20.2 Å². The van der Waals surface area contributed by atoms with Crippen molar-refractivity contribution < 1.29 is 9.72 Å². The van der Waals surface area contributed by atoms with Gasteiger partial charge in [-0.15, -0.1) is 11.3 Å². The summed E-state index contributed by atoms with van der Waals surface area (Å²) in [5.41, 5.74) is 2.17. The van der Waals surface area contributed by atoms with Crippen molar-refractivity contribution in [3.05, 3.63) is 36.8 Å². The molecule has 142 valence electrons. The van der Waals surface area contributed by atoms with E-state index < -0.39 is 4.92 Å². The number of nitrogens with one attached hydrogen (secondary N) is 1. The number of thiophene rings is 1. The Balaban J connectivity index is 1.60. The van der Waals surface area contributed by atoms with Gasteiger partial charge in [0.05, 0.1) is 22.9 Å². The lowest BCUT2D eigenvalue weighted by atomic mass is 9.96. The zero-order chi connectivity index (χ0) is 19.6. The molecule has 2 heterocycles. The molecule has 8 nitrogen and oxygen atoms in total. The SMILES string of the molecule is Cc1c(Cl)c([N+](=O)[O-])nn1CCCC(=O)Nc1sc2c(c1C#N)CCCC2. The minimum absolute atomic E-state index is 0.0206. The summed E-state index contributed by atoms with van der Waals surface area (Å²) in [5.74, 6) is -0.558. The maximum Gasteiger partial charge on any atom is 0.408 e. The molecule has 1 aliphatic carbocycles. The maximum absolute atomic E-state index is 12.3. The number of halogens is 1. The molecule has 27 heavy (non-hydrogen) atoms. The predicted octanol–water partition coefficient (Wildman–Crippen LogP) is 3.98. The van der Waals surface area contributed by atoms with E-state index in [1.807, 2.05) is 0 Å². The van der Waals surface area contributed by atoms with Gasteiger partial charge in [0.1, 0.15) is 11.1 Å². The number of nitro groups is 1. The third kappa shape index (κ3) is 3.96. The van der Waals surface area contributed by atoms with Crippen molar-refractivity contribution in [1.29, 1.82) is 5.26 Å². The van der Waals surface area contributed by atoms with Crippen LogP contribution in [-0.2, 0) is 24.2 Å². The van der Waals surface area contributed by atoms with Gasteiger partial charge in [-0.1, -0.05) is 11.6 Å². The van der Waals surface area contributed by atoms with Gasteiger partial charge in [-0.3, -0.25) is 4.79 Å². The van der Waals surface area contributed by atoms with Gasteiger partial charge in [-0.05, 0) is 49.5 Å². The lowest BCUT2D eigenvalue weighted by Crippen LogP contribution is -2.13. The molecule has 0 fully saturated rings. The number of anilines is 1. The van der Waals surface area contributed by atoms with Crippen LogP contribution in [0.1, 0.15) is 47.4 Å². The Morgan fingerprint density at radius 2 is 2.22 bits per heavy atom. The van der Waals surface area contributed by atoms with Crippen LogP contribution in [0.2, 0.25) is 5.02 Å². The van der Waals surface area contributed by atoms with E-state index in [2.05, 4.69) is 16.5 Å². The summed E-state index contributed by atoms with van der Waals surface area (Å²) < 4.78 is 1.44. The average Bonchev–Trinajstić information content (AvgIpc) is 3.13. The van der Waals surface area contributed by atoms with Crippen molar-refractivity contribution in [2.45, 2.75) is 52.0 Å². The lowest BCUT2D eigenvalue weighted by Gasteiger charge is -2.09. The first-order chi connectivity index (χ1) is 12.9. The monoisotopic (exact) mass is 407 g/mol. The summed E-state index contributed by atoms with van der Waals surface area (Å²) in [4.78, 5) is 23.7. The Hall–Kier alpha value is -2.44. The second-order valence-electron chi connectivity index (χ2n) is 6.38. The molecule has 0 saturated heterocycles. The summed E-state index contributed by atoms with van der Waals surface area (Å²) in [6.07, 6.45) is 4.71. The van der Waals surface area contributed by atoms with Gasteiger partial charge >= 0.3 is 5.82 Å². The number of amides is 1. The molecule has 0 aromatic carbocycles. The molecule has 2 aromatic heterocycles. The Morgan fingerprint density at radius 3 is 2.89 bits per heavy atom. The third-order valence-corrected chi connectivity index (χ3v) is 6.25. The zero-order valence-corrected chi connectivity index (χ0v) is 16.3. The molecule has 0 aliphatic heterocycles. The molecule has 0 spiro atoms. The lowest BCUT2D eigenvalue weighted by molar-refractivity contribution is -0.389. The van der Waals surface area contributed by atoms with E-state index in [0.29, 0.717) is 29.2 Å². The summed E-state index contributed by atoms with van der Waals surface area (Å²) in [6, 6.07) is 2.22. The highest BCUT2D eigenvalue weighted by Gasteiger charge is 2.24. The van der Waals surface area contributed by atoms with Gasteiger partial charge in [0.25, 0.3) is 0 Å². The molecule has 0 unspecified atom stereocenters. The predicted molar refractivity (Wildman–Crippen MR) is 102 cm³/mol.